The summed E-state index contributed by atoms with van der Waals surface area (Å²) in [7, 11) is 0. The zero-order chi connectivity index (χ0) is 29.0. The van der Waals surface area contributed by atoms with Crippen LogP contribution in [0.1, 0.15) is 41.9 Å². The van der Waals surface area contributed by atoms with Crippen molar-refractivity contribution < 1.29 is 9.72 Å². The van der Waals surface area contributed by atoms with Crippen LogP contribution in [-0.4, -0.2) is 50.0 Å². The summed E-state index contributed by atoms with van der Waals surface area (Å²) in [5, 5.41) is 15.0. The Morgan fingerprint density at radius 2 is 2.05 bits per heavy atom. The lowest BCUT2D eigenvalue weighted by Crippen LogP contribution is -2.61. The molecule has 0 unspecified atom stereocenters. The van der Waals surface area contributed by atoms with Crippen LogP contribution >= 0.6 is 11.8 Å². The van der Waals surface area contributed by atoms with Crippen LogP contribution in [0.5, 0.6) is 0 Å². The number of benzene rings is 2. The fraction of sp³-hybridized carbons (Fsp3) is 0.387. The van der Waals surface area contributed by atoms with Crippen molar-refractivity contribution in [2.75, 3.05) is 23.5 Å². The number of thioether (sulfide) groups is 1. The molecule has 1 saturated heterocycles. The number of pyridine rings is 1. The molecule has 0 aliphatic carbocycles. The second kappa shape index (κ2) is 10.6. The number of hydrogen-bond donors (Lipinski definition) is 2. The van der Waals surface area contributed by atoms with Gasteiger partial charge in [-0.15, -0.1) is 0 Å². The fourth-order valence-corrected chi connectivity index (χ4v) is 7.85. The topological polar surface area (TPSA) is 126 Å². The monoisotopic (exact) mass is 584 g/mol. The maximum absolute atomic E-state index is 14.3. The number of H-pyrrole nitrogens is 1. The number of aromatic amines is 1. The summed E-state index contributed by atoms with van der Waals surface area (Å²) >= 11 is 1.72. The third-order valence-electron chi connectivity index (χ3n) is 9.20. The minimum absolute atomic E-state index is 0.00880. The Kier molecular flexibility index (Phi) is 6.76. The number of para-hydroxylation sites is 2. The molecule has 42 heavy (non-hydrogen) atoms. The van der Waals surface area contributed by atoms with Crippen molar-refractivity contribution in [3.8, 4) is 0 Å². The highest BCUT2D eigenvalue weighted by molar-refractivity contribution is 7.98. The molecule has 1 amide bonds. The molecule has 10 nitrogen and oxygen atoms in total. The van der Waals surface area contributed by atoms with Crippen molar-refractivity contribution in [2.24, 2.45) is 11.8 Å². The third-order valence-corrected chi connectivity index (χ3v) is 9.85. The Morgan fingerprint density at radius 1 is 1.19 bits per heavy atom. The van der Waals surface area contributed by atoms with Gasteiger partial charge in [-0.2, -0.15) is 11.8 Å². The number of nitro groups is 1. The van der Waals surface area contributed by atoms with E-state index in [0.29, 0.717) is 25.9 Å². The normalized spacial score (nSPS) is 23.0. The summed E-state index contributed by atoms with van der Waals surface area (Å²) in [5.41, 5.74) is 4.58. The fourth-order valence-electron chi connectivity index (χ4n) is 7.38. The van der Waals surface area contributed by atoms with Crippen LogP contribution in [0.25, 0.3) is 11.0 Å². The standard InChI is InChI=1S/C31H32N6O4S/c1-42-12-11-25(30-32-23-5-2-3-6-24(23)33-30)34-31(39)22-15-18-14-21(37(40)41)9-10-27(18)36-16-19-13-20(29(22)36)17-35-26(19)7-4-8-28(35)38/h2-10,14,19-20,22,25,29H,11-13,15-17H2,1H3,(H,32,33)(H,34,39)/t19-,20-,22+,25-,29-/m0/s1. The van der Waals surface area contributed by atoms with E-state index < -0.39 is 5.92 Å². The first-order valence-corrected chi connectivity index (χ1v) is 15.8. The van der Waals surface area contributed by atoms with E-state index in [1.165, 1.54) is 0 Å². The average Bonchev–Trinajstić information content (AvgIpc) is 3.43. The van der Waals surface area contributed by atoms with Crippen LogP contribution in [-0.2, 0) is 17.8 Å². The number of non-ortho nitro benzene ring substituents is 1. The molecular weight excluding hydrogens is 552 g/mol. The number of piperidine rings is 1. The van der Waals surface area contributed by atoms with E-state index in [-0.39, 0.29) is 46.0 Å². The lowest BCUT2D eigenvalue weighted by atomic mass is 9.70. The molecule has 11 heteroatoms. The number of carbonyl (C=O) groups excluding carboxylic acids is 1. The van der Waals surface area contributed by atoms with Crippen molar-refractivity contribution in [1.82, 2.24) is 19.9 Å². The lowest BCUT2D eigenvalue weighted by Gasteiger charge is -2.54. The summed E-state index contributed by atoms with van der Waals surface area (Å²) in [6.07, 6.45) is 4.05. The van der Waals surface area contributed by atoms with Crippen LogP contribution in [0, 0.1) is 22.0 Å². The first-order valence-electron chi connectivity index (χ1n) is 14.4. The quantitative estimate of drug-likeness (QED) is 0.243. The molecule has 0 radical (unpaired) electrons. The van der Waals surface area contributed by atoms with Gasteiger partial charge in [0.25, 0.3) is 11.2 Å². The minimum Gasteiger partial charge on any atom is -0.366 e. The number of nitro benzene ring substituents is 1. The van der Waals surface area contributed by atoms with Crippen molar-refractivity contribution in [2.45, 2.75) is 43.8 Å². The molecule has 0 saturated carbocycles. The molecule has 0 spiro atoms. The van der Waals surface area contributed by atoms with E-state index in [9.17, 15) is 19.7 Å². The van der Waals surface area contributed by atoms with E-state index in [0.717, 1.165) is 46.0 Å². The molecule has 2 bridgehead atoms. The molecular formula is C31H32N6O4S. The van der Waals surface area contributed by atoms with Crippen molar-refractivity contribution in [3.05, 3.63) is 98.2 Å². The van der Waals surface area contributed by atoms with Crippen molar-refractivity contribution >= 4 is 40.1 Å². The number of carbonyl (C=O) groups is 1. The minimum atomic E-state index is -0.437. The van der Waals surface area contributed by atoms with Crippen LogP contribution < -0.4 is 15.8 Å². The molecule has 7 rings (SSSR count). The molecule has 2 aromatic heterocycles. The highest BCUT2D eigenvalue weighted by Crippen LogP contribution is 2.48. The molecule has 2 aromatic carbocycles. The first kappa shape index (κ1) is 26.8. The SMILES string of the molecule is CSCC[C@H](NC(=O)[C@@H]1Cc2cc([N+](=O)[O-])ccc2N2C[C@@H]3C[C@@H](Cn4c3cccc4=O)[C@@H]12)c1nc2ccccc2[nH]1. The predicted molar refractivity (Wildman–Crippen MR) is 163 cm³/mol. The summed E-state index contributed by atoms with van der Waals surface area (Å²) in [5.74, 6) is 1.28. The van der Waals surface area contributed by atoms with Gasteiger partial charge < -0.3 is 19.8 Å². The Morgan fingerprint density at radius 3 is 2.86 bits per heavy atom. The first-order chi connectivity index (χ1) is 20.4. The third kappa shape index (κ3) is 4.56. The number of fused-ring (bicyclic) bond motifs is 9. The van der Waals surface area contributed by atoms with Gasteiger partial charge in [0, 0.05) is 54.6 Å². The molecule has 216 valence electrons. The van der Waals surface area contributed by atoms with E-state index in [1.54, 1.807) is 30.0 Å². The highest BCUT2D eigenvalue weighted by Gasteiger charge is 2.49. The average molecular weight is 585 g/mol. The number of imidazole rings is 1. The van der Waals surface area contributed by atoms with Gasteiger partial charge >= 0.3 is 0 Å². The number of anilines is 1. The van der Waals surface area contributed by atoms with E-state index in [2.05, 4.69) is 15.2 Å². The van der Waals surface area contributed by atoms with Gasteiger partial charge in [0.1, 0.15) is 5.82 Å². The number of nitrogens with zero attached hydrogens (tertiary/aromatic N) is 4. The molecule has 3 aliphatic heterocycles. The number of rotatable bonds is 7. The largest absolute Gasteiger partial charge is 0.366 e. The molecule has 4 aromatic rings. The predicted octanol–water partition coefficient (Wildman–Crippen LogP) is 4.41. The van der Waals surface area contributed by atoms with Crippen molar-refractivity contribution in [1.29, 1.82) is 0 Å². The number of nitrogens with one attached hydrogen (secondary N) is 2. The Bertz CT molecular complexity index is 1720. The Labute approximate surface area is 246 Å². The van der Waals surface area contributed by atoms with E-state index in [4.69, 9.17) is 4.98 Å². The Balaban J connectivity index is 1.26. The maximum Gasteiger partial charge on any atom is 0.269 e. The smallest absolute Gasteiger partial charge is 0.269 e. The molecule has 3 aliphatic rings. The van der Waals surface area contributed by atoms with E-state index >= 15 is 0 Å². The van der Waals surface area contributed by atoms with Gasteiger partial charge in [-0.25, -0.2) is 4.98 Å². The van der Waals surface area contributed by atoms with Crippen LogP contribution in [0.4, 0.5) is 11.4 Å². The number of aromatic nitrogens is 3. The summed E-state index contributed by atoms with van der Waals surface area (Å²) in [4.78, 5) is 48.9. The van der Waals surface area contributed by atoms with Gasteiger partial charge in [-0.3, -0.25) is 19.7 Å². The zero-order valence-corrected chi connectivity index (χ0v) is 24.0. The van der Waals surface area contributed by atoms with E-state index in [1.807, 2.05) is 53.3 Å². The van der Waals surface area contributed by atoms with Crippen LogP contribution in [0.2, 0.25) is 0 Å². The second-order valence-corrected chi connectivity index (χ2v) is 12.6. The Hall–Kier alpha value is -4.12. The summed E-state index contributed by atoms with van der Waals surface area (Å²) in [6.45, 7) is 1.21. The van der Waals surface area contributed by atoms with Gasteiger partial charge in [0.2, 0.25) is 5.91 Å². The maximum atomic E-state index is 14.3. The summed E-state index contributed by atoms with van der Waals surface area (Å²) < 4.78 is 1.88. The summed E-state index contributed by atoms with van der Waals surface area (Å²) in [6, 6.07) is 17.9. The van der Waals surface area contributed by atoms with Gasteiger partial charge in [0.15, 0.2) is 0 Å². The number of hydrogen-bond acceptors (Lipinski definition) is 7. The zero-order valence-electron chi connectivity index (χ0n) is 23.2. The number of amides is 1. The van der Waals surface area contributed by atoms with Crippen LogP contribution in [0.15, 0.2) is 65.5 Å². The molecule has 1 fully saturated rings. The second-order valence-electron chi connectivity index (χ2n) is 11.6. The molecule has 5 heterocycles. The van der Waals surface area contributed by atoms with Gasteiger partial charge in [-0.05, 0) is 67.0 Å². The van der Waals surface area contributed by atoms with Gasteiger partial charge in [0.05, 0.1) is 27.9 Å². The highest BCUT2D eigenvalue weighted by atomic mass is 32.2. The van der Waals surface area contributed by atoms with Crippen LogP contribution in [0.3, 0.4) is 0 Å². The molecule has 2 N–H and O–H groups in total. The lowest BCUT2D eigenvalue weighted by molar-refractivity contribution is -0.384. The van der Waals surface area contributed by atoms with Crippen molar-refractivity contribution in [3.63, 3.8) is 0 Å². The van der Waals surface area contributed by atoms with Gasteiger partial charge in [-0.1, -0.05) is 18.2 Å². The molecule has 5 atom stereocenters.